The first kappa shape index (κ1) is 12.3. The normalized spacial score (nSPS) is 10.3. The topological polar surface area (TPSA) is 64.9 Å². The Hall–Kier alpha value is -2.11. The second-order valence-corrected chi connectivity index (χ2v) is 3.80. The Labute approximate surface area is 106 Å². The molecule has 0 unspecified atom stereocenters. The number of nitrogens with one attached hydrogen (secondary N) is 1. The van der Waals surface area contributed by atoms with Crippen LogP contribution in [0.2, 0.25) is 0 Å². The highest BCUT2D eigenvalue weighted by molar-refractivity contribution is 5.37. The average Bonchev–Trinajstić information content (AvgIpc) is 2.76. The number of nitrogens with zero attached hydrogens (tertiary/aromatic N) is 4. The van der Waals surface area contributed by atoms with Crippen molar-refractivity contribution in [2.45, 2.75) is 13.3 Å². The molecule has 2 heterocycles. The van der Waals surface area contributed by atoms with Crippen molar-refractivity contribution in [2.24, 2.45) is 7.05 Å². The van der Waals surface area contributed by atoms with Crippen molar-refractivity contribution in [1.82, 2.24) is 19.7 Å². The summed E-state index contributed by atoms with van der Waals surface area (Å²) in [4.78, 5) is 8.15. The van der Waals surface area contributed by atoms with Crippen molar-refractivity contribution in [3.05, 3.63) is 30.4 Å². The highest BCUT2D eigenvalue weighted by atomic mass is 16.5. The standard InChI is InChI=1S/C12H17N5O/c1-3-18-12-8-11(14-9-15-12)13-6-4-10-5-7-16-17(10)2/h5,7-9H,3-4,6H2,1-2H3,(H,13,14,15). The highest BCUT2D eigenvalue weighted by Gasteiger charge is 2.00. The third kappa shape index (κ3) is 3.19. The molecule has 0 aromatic carbocycles. The number of hydrogen-bond donors (Lipinski definition) is 1. The van der Waals surface area contributed by atoms with Gasteiger partial charge in [0.2, 0.25) is 5.88 Å². The van der Waals surface area contributed by atoms with Gasteiger partial charge in [-0.1, -0.05) is 0 Å². The fourth-order valence-corrected chi connectivity index (χ4v) is 1.63. The predicted octanol–water partition coefficient (Wildman–Crippen LogP) is 1.26. The third-order valence-electron chi connectivity index (χ3n) is 2.54. The molecule has 0 saturated heterocycles. The van der Waals surface area contributed by atoms with Crippen LogP contribution in [0.1, 0.15) is 12.6 Å². The van der Waals surface area contributed by atoms with E-state index in [9.17, 15) is 0 Å². The molecule has 96 valence electrons. The number of aryl methyl sites for hydroxylation is 1. The molecule has 0 atom stereocenters. The first-order chi connectivity index (χ1) is 8.79. The molecule has 2 aromatic rings. The maximum absolute atomic E-state index is 5.31. The second kappa shape index (κ2) is 6.00. The molecule has 0 spiro atoms. The maximum atomic E-state index is 5.31. The molecule has 0 aliphatic carbocycles. The largest absolute Gasteiger partial charge is 0.478 e. The lowest BCUT2D eigenvalue weighted by Gasteiger charge is -2.07. The fraction of sp³-hybridized carbons (Fsp3) is 0.417. The van der Waals surface area contributed by atoms with Crippen LogP contribution in [-0.2, 0) is 13.5 Å². The lowest BCUT2D eigenvalue weighted by molar-refractivity contribution is 0.326. The molecule has 2 rings (SSSR count). The van der Waals surface area contributed by atoms with Gasteiger partial charge in [0.1, 0.15) is 12.1 Å². The zero-order chi connectivity index (χ0) is 12.8. The molecule has 0 fully saturated rings. The number of aromatic nitrogens is 4. The van der Waals surface area contributed by atoms with Crippen LogP contribution >= 0.6 is 0 Å². The summed E-state index contributed by atoms with van der Waals surface area (Å²) < 4.78 is 7.18. The van der Waals surface area contributed by atoms with Gasteiger partial charge in [0.15, 0.2) is 0 Å². The Morgan fingerprint density at radius 1 is 1.39 bits per heavy atom. The lowest BCUT2D eigenvalue weighted by Crippen LogP contribution is -2.09. The summed E-state index contributed by atoms with van der Waals surface area (Å²) in [5.41, 5.74) is 1.18. The zero-order valence-corrected chi connectivity index (χ0v) is 10.6. The molecule has 18 heavy (non-hydrogen) atoms. The van der Waals surface area contributed by atoms with Crippen LogP contribution in [0.4, 0.5) is 5.82 Å². The fourth-order valence-electron chi connectivity index (χ4n) is 1.63. The maximum Gasteiger partial charge on any atom is 0.218 e. The van der Waals surface area contributed by atoms with Crippen molar-refractivity contribution >= 4 is 5.82 Å². The summed E-state index contributed by atoms with van der Waals surface area (Å²) in [5, 5.41) is 7.36. The van der Waals surface area contributed by atoms with E-state index in [-0.39, 0.29) is 0 Å². The Balaban J connectivity index is 1.86. The van der Waals surface area contributed by atoms with Gasteiger partial charge in [-0.15, -0.1) is 0 Å². The van der Waals surface area contributed by atoms with Gasteiger partial charge in [-0.05, 0) is 13.0 Å². The van der Waals surface area contributed by atoms with Crippen LogP contribution < -0.4 is 10.1 Å². The minimum atomic E-state index is 0.593. The molecule has 0 aliphatic heterocycles. The van der Waals surface area contributed by atoms with Gasteiger partial charge in [-0.25, -0.2) is 9.97 Å². The minimum Gasteiger partial charge on any atom is -0.478 e. The molecule has 0 aliphatic rings. The molecular weight excluding hydrogens is 230 g/mol. The summed E-state index contributed by atoms with van der Waals surface area (Å²) in [6.07, 6.45) is 4.19. The Bertz CT molecular complexity index is 497. The molecule has 6 heteroatoms. The monoisotopic (exact) mass is 247 g/mol. The van der Waals surface area contributed by atoms with E-state index in [2.05, 4.69) is 20.4 Å². The first-order valence-electron chi connectivity index (χ1n) is 5.95. The van der Waals surface area contributed by atoms with Crippen molar-refractivity contribution in [1.29, 1.82) is 0 Å². The number of ether oxygens (including phenoxy) is 1. The molecule has 0 saturated carbocycles. The molecule has 6 nitrogen and oxygen atoms in total. The van der Waals surface area contributed by atoms with Crippen LogP contribution in [0.15, 0.2) is 24.7 Å². The van der Waals surface area contributed by atoms with E-state index in [0.717, 1.165) is 18.8 Å². The molecule has 0 bridgehead atoms. The van der Waals surface area contributed by atoms with Crippen LogP contribution in [0.5, 0.6) is 5.88 Å². The number of hydrogen-bond acceptors (Lipinski definition) is 5. The SMILES string of the molecule is CCOc1cc(NCCc2ccnn2C)ncn1. The highest BCUT2D eigenvalue weighted by Crippen LogP contribution is 2.10. The smallest absolute Gasteiger partial charge is 0.218 e. The van der Waals surface area contributed by atoms with Gasteiger partial charge in [-0.3, -0.25) is 4.68 Å². The second-order valence-electron chi connectivity index (χ2n) is 3.80. The molecule has 2 aromatic heterocycles. The Morgan fingerprint density at radius 2 is 2.28 bits per heavy atom. The van der Waals surface area contributed by atoms with Crippen LogP contribution in [0.25, 0.3) is 0 Å². The van der Waals surface area contributed by atoms with Crippen molar-refractivity contribution < 1.29 is 4.74 Å². The Morgan fingerprint density at radius 3 is 3.00 bits per heavy atom. The number of rotatable bonds is 6. The summed E-state index contributed by atoms with van der Waals surface area (Å²) in [5.74, 6) is 1.37. The molecule has 1 N–H and O–H groups in total. The third-order valence-corrected chi connectivity index (χ3v) is 2.54. The predicted molar refractivity (Wildman–Crippen MR) is 68.6 cm³/mol. The van der Waals surface area contributed by atoms with Gasteiger partial charge in [0, 0.05) is 38.0 Å². The van der Waals surface area contributed by atoms with Crippen LogP contribution in [-0.4, -0.2) is 32.9 Å². The summed E-state index contributed by atoms with van der Waals surface area (Å²) >= 11 is 0. The number of anilines is 1. The molecule has 0 radical (unpaired) electrons. The summed E-state index contributed by atoms with van der Waals surface area (Å²) in [6.45, 7) is 3.32. The van der Waals surface area contributed by atoms with Gasteiger partial charge in [0.05, 0.1) is 6.61 Å². The molecule has 0 amide bonds. The van der Waals surface area contributed by atoms with Crippen molar-refractivity contribution in [3.8, 4) is 5.88 Å². The van der Waals surface area contributed by atoms with Gasteiger partial charge in [0.25, 0.3) is 0 Å². The van der Waals surface area contributed by atoms with E-state index >= 15 is 0 Å². The van der Waals surface area contributed by atoms with Crippen LogP contribution in [0, 0.1) is 0 Å². The molecular formula is C12H17N5O. The average molecular weight is 247 g/mol. The van der Waals surface area contributed by atoms with Crippen molar-refractivity contribution in [2.75, 3.05) is 18.5 Å². The van der Waals surface area contributed by atoms with Crippen molar-refractivity contribution in [3.63, 3.8) is 0 Å². The first-order valence-corrected chi connectivity index (χ1v) is 5.95. The van der Waals surface area contributed by atoms with E-state index in [4.69, 9.17) is 4.74 Å². The quantitative estimate of drug-likeness (QED) is 0.832. The van der Waals surface area contributed by atoms with Crippen LogP contribution in [0.3, 0.4) is 0 Å². The van der Waals surface area contributed by atoms with E-state index in [0.29, 0.717) is 12.5 Å². The lowest BCUT2D eigenvalue weighted by atomic mass is 10.3. The Kier molecular flexibility index (Phi) is 4.11. The van der Waals surface area contributed by atoms with Gasteiger partial charge >= 0.3 is 0 Å². The van der Waals surface area contributed by atoms with E-state index in [1.165, 1.54) is 12.0 Å². The zero-order valence-electron chi connectivity index (χ0n) is 10.6. The van der Waals surface area contributed by atoms with E-state index < -0.39 is 0 Å². The summed E-state index contributed by atoms with van der Waals surface area (Å²) in [7, 11) is 1.94. The van der Waals surface area contributed by atoms with Gasteiger partial charge in [-0.2, -0.15) is 5.10 Å². The van der Waals surface area contributed by atoms with E-state index in [1.807, 2.05) is 24.7 Å². The van der Waals surface area contributed by atoms with E-state index in [1.54, 1.807) is 12.3 Å². The summed E-state index contributed by atoms with van der Waals surface area (Å²) in [6, 6.07) is 3.81. The van der Waals surface area contributed by atoms with Gasteiger partial charge < -0.3 is 10.1 Å². The minimum absolute atomic E-state index is 0.593.